The number of nitrogens with zero attached hydrogens (tertiary/aromatic N) is 2. The van der Waals surface area contributed by atoms with Crippen LogP contribution in [0, 0.1) is 0 Å². The highest BCUT2D eigenvalue weighted by atomic mass is 32.1. The summed E-state index contributed by atoms with van der Waals surface area (Å²) in [5.41, 5.74) is 2.78. The van der Waals surface area contributed by atoms with Gasteiger partial charge in [0.25, 0.3) is 5.91 Å². The first-order chi connectivity index (χ1) is 15.4. The minimum atomic E-state index is -0.178. The molecule has 1 aromatic carbocycles. The van der Waals surface area contributed by atoms with Gasteiger partial charge in [-0.2, -0.15) is 0 Å². The second kappa shape index (κ2) is 9.35. The van der Waals surface area contributed by atoms with Crippen LogP contribution in [0.1, 0.15) is 41.6 Å². The van der Waals surface area contributed by atoms with E-state index in [1.165, 1.54) is 17.4 Å². The average Bonchev–Trinajstić information content (AvgIpc) is 3.17. The van der Waals surface area contributed by atoms with Gasteiger partial charge in [-0.05, 0) is 37.6 Å². The van der Waals surface area contributed by atoms with Gasteiger partial charge in [0.15, 0.2) is 10.9 Å². The molecule has 9 heteroatoms. The van der Waals surface area contributed by atoms with Crippen molar-refractivity contribution < 1.29 is 19.1 Å². The third-order valence-corrected chi connectivity index (χ3v) is 6.20. The van der Waals surface area contributed by atoms with Crippen LogP contribution in [0.4, 0.5) is 16.5 Å². The van der Waals surface area contributed by atoms with Gasteiger partial charge in [-0.25, -0.2) is 4.98 Å². The second-order valence-electron chi connectivity index (χ2n) is 7.56. The number of allylic oxidation sites excluding steroid dienone is 3. The molecule has 0 fully saturated rings. The van der Waals surface area contributed by atoms with Crippen LogP contribution in [0.5, 0.6) is 5.75 Å². The van der Waals surface area contributed by atoms with Crippen LogP contribution >= 0.6 is 11.3 Å². The molecule has 2 aromatic rings. The van der Waals surface area contributed by atoms with Gasteiger partial charge in [0.05, 0.1) is 17.9 Å². The molecule has 0 radical (unpaired) electrons. The molecule has 4 rings (SSSR count). The van der Waals surface area contributed by atoms with E-state index in [4.69, 9.17) is 4.74 Å². The number of hydrogen-bond acceptors (Lipinski definition) is 7. The molecule has 2 aliphatic heterocycles. The van der Waals surface area contributed by atoms with Crippen molar-refractivity contribution >= 4 is 45.4 Å². The molecule has 3 heterocycles. The number of amides is 2. The number of ether oxygens (including phenoxy) is 1. The second-order valence-corrected chi connectivity index (χ2v) is 8.53. The van der Waals surface area contributed by atoms with Crippen LogP contribution in [0.25, 0.3) is 0 Å². The predicted octanol–water partition coefficient (Wildman–Crippen LogP) is 3.73. The van der Waals surface area contributed by atoms with Gasteiger partial charge in [-0.15, -0.1) is 0 Å². The molecule has 1 aromatic heterocycles. The minimum absolute atomic E-state index is 0.0188. The molecule has 0 saturated carbocycles. The van der Waals surface area contributed by atoms with Crippen LogP contribution < -0.4 is 20.3 Å². The summed E-state index contributed by atoms with van der Waals surface area (Å²) in [6, 6.07) is 5.45. The molecule has 8 nitrogen and oxygen atoms in total. The molecular weight excluding hydrogens is 428 g/mol. The predicted molar refractivity (Wildman–Crippen MR) is 124 cm³/mol. The number of nitrogens with one attached hydrogen (secondary N) is 2. The Morgan fingerprint density at radius 1 is 1.38 bits per heavy atom. The van der Waals surface area contributed by atoms with Crippen molar-refractivity contribution in [1.82, 2.24) is 10.3 Å². The van der Waals surface area contributed by atoms with Gasteiger partial charge in [0.2, 0.25) is 5.91 Å². The third kappa shape index (κ3) is 4.72. The van der Waals surface area contributed by atoms with Crippen LogP contribution in [-0.4, -0.2) is 35.7 Å². The van der Waals surface area contributed by atoms with Crippen LogP contribution in [0.2, 0.25) is 0 Å². The molecule has 0 aliphatic carbocycles. The topological polar surface area (TPSA) is 101 Å². The molecule has 0 spiro atoms. The van der Waals surface area contributed by atoms with E-state index in [-0.39, 0.29) is 24.0 Å². The number of rotatable bonds is 7. The quantitative estimate of drug-likeness (QED) is 0.621. The van der Waals surface area contributed by atoms with Crippen LogP contribution in [-0.2, 0) is 16.0 Å². The first-order valence-electron chi connectivity index (χ1n) is 10.4. The molecule has 0 bridgehead atoms. The van der Waals surface area contributed by atoms with Crippen molar-refractivity contribution in [1.29, 1.82) is 0 Å². The lowest BCUT2D eigenvalue weighted by molar-refractivity contribution is -0.116. The van der Waals surface area contributed by atoms with Crippen molar-refractivity contribution in [2.75, 3.05) is 23.4 Å². The van der Waals surface area contributed by atoms with Crippen molar-refractivity contribution in [2.45, 2.75) is 32.6 Å². The van der Waals surface area contributed by atoms with E-state index < -0.39 is 0 Å². The maximum Gasteiger partial charge on any atom is 0.267 e. The summed E-state index contributed by atoms with van der Waals surface area (Å²) in [5.74, 6) is 0.377. The van der Waals surface area contributed by atoms with E-state index in [0.717, 1.165) is 11.4 Å². The molecule has 0 saturated heterocycles. The molecule has 0 unspecified atom stereocenters. The van der Waals surface area contributed by atoms with Gasteiger partial charge < -0.3 is 20.3 Å². The molecule has 0 atom stereocenters. The Morgan fingerprint density at radius 2 is 2.22 bits per heavy atom. The van der Waals surface area contributed by atoms with Crippen molar-refractivity contribution in [2.24, 2.45) is 0 Å². The lowest BCUT2D eigenvalue weighted by atomic mass is 10.1. The molecule has 166 valence electrons. The average molecular weight is 453 g/mol. The smallest absolute Gasteiger partial charge is 0.267 e. The van der Waals surface area contributed by atoms with Crippen molar-refractivity contribution in [3.63, 3.8) is 0 Å². The Kier molecular flexibility index (Phi) is 6.36. The van der Waals surface area contributed by atoms with Crippen molar-refractivity contribution in [3.05, 3.63) is 53.2 Å². The van der Waals surface area contributed by atoms with Gasteiger partial charge in [-0.3, -0.25) is 14.4 Å². The van der Waals surface area contributed by atoms with Crippen LogP contribution in [0.15, 0.2) is 42.6 Å². The molecule has 2 N–H and O–H groups in total. The number of hydrogen-bond donors (Lipinski definition) is 2. The lowest BCUT2D eigenvalue weighted by Crippen LogP contribution is -2.29. The summed E-state index contributed by atoms with van der Waals surface area (Å²) >= 11 is 1.33. The zero-order chi connectivity index (χ0) is 22.7. The summed E-state index contributed by atoms with van der Waals surface area (Å²) in [6.07, 6.45) is 4.84. The van der Waals surface area contributed by atoms with E-state index in [2.05, 4.69) is 22.2 Å². The largest absolute Gasteiger partial charge is 0.490 e. The Morgan fingerprint density at radius 3 is 3.03 bits per heavy atom. The Balaban J connectivity index is 1.49. The fourth-order valence-corrected chi connectivity index (χ4v) is 4.64. The summed E-state index contributed by atoms with van der Waals surface area (Å²) in [6.45, 7) is 6.69. The molecule has 32 heavy (non-hydrogen) atoms. The van der Waals surface area contributed by atoms with E-state index in [1.807, 2.05) is 17.0 Å². The number of benzene rings is 1. The van der Waals surface area contributed by atoms with Crippen molar-refractivity contribution in [3.8, 4) is 5.75 Å². The Hall–Kier alpha value is -3.46. The fraction of sp³-hybridized carbons (Fsp3) is 0.304. The first kappa shape index (κ1) is 21.8. The first-order valence-corrected chi connectivity index (χ1v) is 11.2. The Bertz CT molecular complexity index is 1120. The molecular formula is C23H24N4O4S. The van der Waals surface area contributed by atoms with Gasteiger partial charge >= 0.3 is 0 Å². The highest BCUT2D eigenvalue weighted by molar-refractivity contribution is 7.17. The SMILES string of the molecule is C=C1Cc2nc(N3CCOc4ccc(NC(=O)CCCC(=O)/C=C/C)cc43)sc2C(=O)N1. The summed E-state index contributed by atoms with van der Waals surface area (Å²) in [5, 5.41) is 6.35. The minimum Gasteiger partial charge on any atom is -0.490 e. The molecule has 2 aliphatic rings. The maximum atomic E-state index is 12.3. The van der Waals surface area contributed by atoms with Gasteiger partial charge in [0.1, 0.15) is 17.2 Å². The monoisotopic (exact) mass is 452 g/mol. The third-order valence-electron chi connectivity index (χ3n) is 5.08. The zero-order valence-electron chi connectivity index (χ0n) is 17.8. The number of aromatic nitrogens is 1. The van der Waals surface area contributed by atoms with E-state index >= 15 is 0 Å². The summed E-state index contributed by atoms with van der Waals surface area (Å²) in [7, 11) is 0. The van der Waals surface area contributed by atoms with E-state index in [9.17, 15) is 14.4 Å². The van der Waals surface area contributed by atoms with Gasteiger partial charge in [0, 0.05) is 30.6 Å². The number of anilines is 3. The van der Waals surface area contributed by atoms with E-state index in [1.54, 1.807) is 19.1 Å². The number of carbonyl (C=O) groups excluding carboxylic acids is 3. The number of carbonyl (C=O) groups is 3. The fourth-order valence-electron chi connectivity index (χ4n) is 3.63. The highest BCUT2D eigenvalue weighted by Crippen LogP contribution is 2.41. The summed E-state index contributed by atoms with van der Waals surface area (Å²) < 4.78 is 5.77. The van der Waals surface area contributed by atoms with E-state index in [0.29, 0.717) is 59.6 Å². The maximum absolute atomic E-state index is 12.3. The number of fused-ring (bicyclic) bond motifs is 2. The Labute approximate surface area is 190 Å². The zero-order valence-corrected chi connectivity index (χ0v) is 18.6. The lowest BCUT2D eigenvalue weighted by Gasteiger charge is -2.29. The highest BCUT2D eigenvalue weighted by Gasteiger charge is 2.29. The van der Waals surface area contributed by atoms with Crippen LogP contribution in [0.3, 0.4) is 0 Å². The number of thiazole rings is 1. The summed E-state index contributed by atoms with van der Waals surface area (Å²) in [4.78, 5) is 43.4. The number of ketones is 1. The van der Waals surface area contributed by atoms with Gasteiger partial charge in [-0.1, -0.05) is 24.0 Å². The molecule has 2 amide bonds. The normalized spacial score (nSPS) is 15.1. The standard InChI is InChI=1S/C23H24N4O4S/c1-3-5-16(28)6-4-7-20(29)25-15-8-9-19-18(13-15)27(10-11-31-19)23-26-17-12-14(2)24-22(30)21(17)32-23/h3,5,8-9,13H,2,4,6-7,10-12H2,1H3,(H,24,30)(H,25,29)/b5-3+.